The molecule has 2 saturated heterocycles. The number of alkyl carbamates (subject to hydrolysis) is 1. The van der Waals surface area contributed by atoms with Crippen LogP contribution in [0.1, 0.15) is 56.8 Å². The van der Waals surface area contributed by atoms with Gasteiger partial charge in [-0.15, -0.1) is 0 Å². The van der Waals surface area contributed by atoms with Crippen molar-refractivity contribution >= 4 is 18.0 Å². The normalized spacial score (nSPS) is 24.2. The SMILES string of the molecule is COC(=O)[C@@H](NC(=O)OC(C)(C)C)C1CC2CCC(C1)N2C(=O)c1ccnc(F)c1. The van der Waals surface area contributed by atoms with E-state index in [0.717, 1.165) is 18.9 Å². The van der Waals surface area contributed by atoms with Crippen molar-refractivity contribution in [3.8, 4) is 0 Å². The molecule has 1 aromatic rings. The molecule has 2 amide bonds. The summed E-state index contributed by atoms with van der Waals surface area (Å²) in [5.41, 5.74) is -0.436. The van der Waals surface area contributed by atoms with E-state index in [0.29, 0.717) is 12.8 Å². The van der Waals surface area contributed by atoms with Crippen LogP contribution in [-0.4, -0.2) is 58.7 Å². The summed E-state index contributed by atoms with van der Waals surface area (Å²) < 4.78 is 23.6. The number of aromatic nitrogens is 1. The van der Waals surface area contributed by atoms with Gasteiger partial charge in [-0.2, -0.15) is 4.39 Å². The number of carbonyl (C=O) groups excluding carboxylic acids is 3. The molecule has 3 heterocycles. The molecule has 0 radical (unpaired) electrons. The lowest BCUT2D eigenvalue weighted by atomic mass is 9.84. The number of fused-ring (bicyclic) bond motifs is 2. The number of nitrogens with zero attached hydrogens (tertiary/aromatic N) is 2. The Hall–Kier alpha value is -2.71. The number of halogens is 1. The van der Waals surface area contributed by atoms with E-state index < -0.39 is 29.7 Å². The summed E-state index contributed by atoms with van der Waals surface area (Å²) in [5, 5.41) is 2.65. The highest BCUT2D eigenvalue weighted by atomic mass is 19.1. The fourth-order valence-electron chi connectivity index (χ4n) is 4.44. The first-order valence-electron chi connectivity index (χ1n) is 10.1. The van der Waals surface area contributed by atoms with Crippen molar-refractivity contribution in [1.82, 2.24) is 15.2 Å². The Labute approximate surface area is 175 Å². The highest BCUT2D eigenvalue weighted by Gasteiger charge is 2.47. The zero-order chi connectivity index (χ0) is 22.1. The van der Waals surface area contributed by atoms with Gasteiger partial charge in [-0.3, -0.25) is 4.79 Å². The Morgan fingerprint density at radius 2 is 1.87 bits per heavy atom. The number of pyridine rings is 1. The quantitative estimate of drug-likeness (QED) is 0.593. The van der Waals surface area contributed by atoms with Gasteiger partial charge in [0.2, 0.25) is 5.95 Å². The number of rotatable bonds is 4. The maximum absolute atomic E-state index is 13.5. The van der Waals surface area contributed by atoms with E-state index in [1.807, 2.05) is 0 Å². The largest absolute Gasteiger partial charge is 0.467 e. The van der Waals surface area contributed by atoms with E-state index in [4.69, 9.17) is 9.47 Å². The molecule has 0 aromatic carbocycles. The average molecular weight is 421 g/mol. The predicted octanol–water partition coefficient (Wildman–Crippen LogP) is 2.67. The van der Waals surface area contributed by atoms with E-state index >= 15 is 0 Å². The highest BCUT2D eigenvalue weighted by molar-refractivity contribution is 5.94. The monoisotopic (exact) mass is 421 g/mol. The minimum Gasteiger partial charge on any atom is -0.467 e. The fourth-order valence-corrected chi connectivity index (χ4v) is 4.44. The maximum atomic E-state index is 13.5. The molecule has 30 heavy (non-hydrogen) atoms. The van der Waals surface area contributed by atoms with E-state index in [1.54, 1.807) is 25.7 Å². The van der Waals surface area contributed by atoms with Crippen LogP contribution in [0.3, 0.4) is 0 Å². The third-order valence-electron chi connectivity index (χ3n) is 5.58. The summed E-state index contributed by atoms with van der Waals surface area (Å²) in [7, 11) is 1.28. The lowest BCUT2D eigenvalue weighted by Gasteiger charge is -2.41. The second-order valence-electron chi connectivity index (χ2n) is 8.84. The molecule has 2 fully saturated rings. The van der Waals surface area contributed by atoms with E-state index in [9.17, 15) is 18.8 Å². The van der Waals surface area contributed by atoms with Gasteiger partial charge in [0.25, 0.3) is 5.91 Å². The van der Waals surface area contributed by atoms with Crippen molar-refractivity contribution in [1.29, 1.82) is 0 Å². The molecule has 8 nitrogen and oxygen atoms in total. The van der Waals surface area contributed by atoms with Crippen LogP contribution in [0.25, 0.3) is 0 Å². The summed E-state index contributed by atoms with van der Waals surface area (Å²) in [6, 6.07) is 1.59. The molecule has 1 N–H and O–H groups in total. The van der Waals surface area contributed by atoms with Crippen LogP contribution in [0.15, 0.2) is 18.3 Å². The van der Waals surface area contributed by atoms with Crippen molar-refractivity contribution in [3.63, 3.8) is 0 Å². The van der Waals surface area contributed by atoms with Gasteiger partial charge in [0.1, 0.15) is 11.6 Å². The molecule has 2 bridgehead atoms. The van der Waals surface area contributed by atoms with Crippen molar-refractivity contribution in [2.24, 2.45) is 5.92 Å². The lowest BCUT2D eigenvalue weighted by Crippen LogP contribution is -2.54. The smallest absolute Gasteiger partial charge is 0.408 e. The Kier molecular flexibility index (Phi) is 6.28. The van der Waals surface area contributed by atoms with Gasteiger partial charge in [0.15, 0.2) is 0 Å². The first-order chi connectivity index (χ1) is 14.1. The first-order valence-corrected chi connectivity index (χ1v) is 10.1. The Balaban J connectivity index is 1.73. The first kappa shape index (κ1) is 22.0. The molecular formula is C21H28FN3O5. The Morgan fingerprint density at radius 3 is 2.40 bits per heavy atom. The van der Waals surface area contributed by atoms with Crippen molar-refractivity contribution < 1.29 is 28.2 Å². The molecule has 2 aliphatic rings. The molecule has 1 aromatic heterocycles. The number of piperidine rings is 1. The molecule has 0 spiro atoms. The molecule has 9 heteroatoms. The van der Waals surface area contributed by atoms with Gasteiger partial charge in [-0.25, -0.2) is 14.6 Å². The second-order valence-corrected chi connectivity index (χ2v) is 8.84. The van der Waals surface area contributed by atoms with Gasteiger partial charge < -0.3 is 19.7 Å². The number of methoxy groups -OCH3 is 1. The van der Waals surface area contributed by atoms with Gasteiger partial charge in [-0.1, -0.05) is 0 Å². The number of ether oxygens (including phenoxy) is 2. The number of amides is 2. The zero-order valence-electron chi connectivity index (χ0n) is 17.7. The summed E-state index contributed by atoms with van der Waals surface area (Å²) >= 11 is 0. The average Bonchev–Trinajstić information content (AvgIpc) is 2.93. The van der Waals surface area contributed by atoms with Crippen LogP contribution < -0.4 is 5.32 Å². The minimum atomic E-state index is -0.858. The number of nitrogens with one attached hydrogen (secondary N) is 1. The molecule has 3 atom stereocenters. The van der Waals surface area contributed by atoms with Crippen LogP contribution in [-0.2, 0) is 14.3 Å². The van der Waals surface area contributed by atoms with Crippen LogP contribution in [0.4, 0.5) is 9.18 Å². The van der Waals surface area contributed by atoms with Crippen LogP contribution in [0.2, 0.25) is 0 Å². The van der Waals surface area contributed by atoms with Gasteiger partial charge in [0, 0.05) is 29.9 Å². The molecular weight excluding hydrogens is 393 g/mol. The summed E-state index contributed by atoms with van der Waals surface area (Å²) in [4.78, 5) is 42.9. The second kappa shape index (κ2) is 8.57. The highest BCUT2D eigenvalue weighted by Crippen LogP contribution is 2.41. The van der Waals surface area contributed by atoms with Crippen molar-refractivity contribution in [2.75, 3.05) is 7.11 Å². The molecule has 0 saturated carbocycles. The Bertz CT molecular complexity index is 811. The molecule has 3 rings (SSSR count). The van der Waals surface area contributed by atoms with E-state index in [1.165, 1.54) is 19.4 Å². The molecule has 0 aliphatic carbocycles. The molecule has 164 valence electrons. The number of esters is 1. The maximum Gasteiger partial charge on any atom is 0.408 e. The summed E-state index contributed by atoms with van der Waals surface area (Å²) in [6.07, 6.45) is 3.24. The van der Waals surface area contributed by atoms with Crippen molar-refractivity contribution in [2.45, 2.75) is 70.2 Å². The standard InChI is InChI=1S/C21H28FN3O5/c1-21(2,3)30-20(28)24-17(19(27)29-4)13-9-14-5-6-15(10-13)25(14)18(26)12-7-8-23-16(22)11-12/h7-8,11,13-15,17H,5-6,9-10H2,1-4H3,(H,24,28)/t13?,14?,15?,17-/m0/s1. The lowest BCUT2D eigenvalue weighted by molar-refractivity contribution is -0.145. The third kappa shape index (κ3) is 4.88. The van der Waals surface area contributed by atoms with Crippen LogP contribution >= 0.6 is 0 Å². The predicted molar refractivity (Wildman–Crippen MR) is 105 cm³/mol. The van der Waals surface area contributed by atoms with E-state index in [2.05, 4.69) is 10.3 Å². The molecule has 2 aliphatic heterocycles. The van der Waals surface area contributed by atoms with Crippen molar-refractivity contribution in [3.05, 3.63) is 29.8 Å². The Morgan fingerprint density at radius 1 is 1.23 bits per heavy atom. The van der Waals surface area contributed by atoms with Gasteiger partial charge in [-0.05, 0) is 58.4 Å². The number of hydrogen-bond acceptors (Lipinski definition) is 6. The summed E-state index contributed by atoms with van der Waals surface area (Å²) in [5.74, 6) is -1.67. The van der Waals surface area contributed by atoms with Gasteiger partial charge >= 0.3 is 12.1 Å². The number of carbonyl (C=O) groups is 3. The van der Waals surface area contributed by atoms with E-state index in [-0.39, 0.29) is 29.5 Å². The molecule has 2 unspecified atom stereocenters. The van der Waals surface area contributed by atoms with Crippen LogP contribution in [0.5, 0.6) is 0 Å². The minimum absolute atomic E-state index is 0.0925. The third-order valence-corrected chi connectivity index (χ3v) is 5.58. The van der Waals surface area contributed by atoms with Gasteiger partial charge in [0.05, 0.1) is 7.11 Å². The fraction of sp³-hybridized carbons (Fsp3) is 0.619. The number of hydrogen-bond donors (Lipinski definition) is 1. The van der Waals surface area contributed by atoms with Crippen LogP contribution in [0, 0.1) is 11.9 Å². The topological polar surface area (TPSA) is 97.8 Å². The summed E-state index contributed by atoms with van der Waals surface area (Å²) in [6.45, 7) is 5.23. The zero-order valence-corrected chi connectivity index (χ0v) is 17.7.